The maximum Gasteiger partial charge on any atom is 0.160 e. The molecule has 0 fully saturated rings. The molecule has 0 aliphatic carbocycles. The minimum Gasteiger partial charge on any atom is -0.508 e. The van der Waals surface area contributed by atoms with Gasteiger partial charge in [0, 0.05) is 5.56 Å². The van der Waals surface area contributed by atoms with Crippen LogP contribution in [0.4, 0.5) is 0 Å². The highest BCUT2D eigenvalue weighted by molar-refractivity contribution is 8.93. The second-order valence-electron chi connectivity index (χ2n) is 9.14. The van der Waals surface area contributed by atoms with Crippen LogP contribution in [0.15, 0.2) is 66.7 Å². The molecule has 0 aromatic heterocycles. The number of hydrogen-bond acceptors (Lipinski definition) is 5. The molecule has 0 amide bonds. The lowest BCUT2D eigenvalue weighted by Gasteiger charge is -2.14. The standard InChI is InChI=1S/C30H40N2O3.2BrH/c33-27-14-10-25(11-15-27)12-16-28-26(13-17-29(34)30(28)35)19-23-32-21-7-2-1-6-20-31-22-18-24-8-4-3-5-9-24;;/h3-5,8-11,13-15,17,31-35H,1-2,6-7,12,16,18-23H2;2*1H. The van der Waals surface area contributed by atoms with Crippen LogP contribution in [-0.2, 0) is 25.7 Å². The van der Waals surface area contributed by atoms with Crippen LogP contribution >= 0.6 is 34.0 Å². The van der Waals surface area contributed by atoms with E-state index in [-0.39, 0.29) is 51.2 Å². The molecule has 204 valence electrons. The van der Waals surface area contributed by atoms with E-state index < -0.39 is 0 Å². The molecular weight excluding hydrogens is 596 g/mol. The number of aryl methyl sites for hydroxylation is 1. The molecule has 0 unspecified atom stereocenters. The molecule has 3 rings (SSSR count). The van der Waals surface area contributed by atoms with Gasteiger partial charge in [-0.1, -0.05) is 61.4 Å². The summed E-state index contributed by atoms with van der Waals surface area (Å²) in [6.45, 7) is 3.96. The number of benzene rings is 3. The molecule has 3 aromatic carbocycles. The van der Waals surface area contributed by atoms with Gasteiger partial charge in [-0.3, -0.25) is 0 Å². The van der Waals surface area contributed by atoms with Gasteiger partial charge >= 0.3 is 0 Å². The third-order valence-electron chi connectivity index (χ3n) is 6.42. The van der Waals surface area contributed by atoms with Crippen molar-refractivity contribution in [3.05, 3.63) is 89.0 Å². The maximum atomic E-state index is 10.4. The van der Waals surface area contributed by atoms with E-state index in [9.17, 15) is 15.3 Å². The summed E-state index contributed by atoms with van der Waals surface area (Å²) in [4.78, 5) is 0. The number of phenolic OH excluding ortho intramolecular Hbond substituents is 3. The molecule has 0 radical (unpaired) electrons. The monoisotopic (exact) mass is 636 g/mol. The van der Waals surface area contributed by atoms with Crippen LogP contribution in [0.5, 0.6) is 17.2 Å². The Morgan fingerprint density at radius 1 is 0.514 bits per heavy atom. The number of unbranched alkanes of at least 4 members (excludes halogenated alkanes) is 3. The zero-order valence-electron chi connectivity index (χ0n) is 21.5. The predicted molar refractivity (Wildman–Crippen MR) is 164 cm³/mol. The lowest BCUT2D eigenvalue weighted by Crippen LogP contribution is -2.20. The van der Waals surface area contributed by atoms with Gasteiger partial charge in [0.15, 0.2) is 11.5 Å². The molecule has 0 heterocycles. The summed E-state index contributed by atoms with van der Waals surface area (Å²) in [5.41, 5.74) is 4.34. The molecule has 0 bridgehead atoms. The Bertz CT molecular complexity index is 1000. The van der Waals surface area contributed by atoms with Crippen LogP contribution < -0.4 is 10.6 Å². The number of aromatic hydroxyl groups is 3. The van der Waals surface area contributed by atoms with Gasteiger partial charge in [0.1, 0.15) is 5.75 Å². The fourth-order valence-electron chi connectivity index (χ4n) is 4.31. The highest BCUT2D eigenvalue weighted by atomic mass is 79.9. The van der Waals surface area contributed by atoms with Crippen molar-refractivity contribution in [2.24, 2.45) is 0 Å². The normalized spacial score (nSPS) is 10.5. The first-order valence-electron chi connectivity index (χ1n) is 12.9. The second kappa shape index (κ2) is 19.1. The highest BCUT2D eigenvalue weighted by Crippen LogP contribution is 2.32. The van der Waals surface area contributed by atoms with Crippen LogP contribution in [0.25, 0.3) is 0 Å². The molecule has 5 N–H and O–H groups in total. The van der Waals surface area contributed by atoms with Crippen molar-refractivity contribution >= 4 is 34.0 Å². The van der Waals surface area contributed by atoms with Gasteiger partial charge in [0.05, 0.1) is 0 Å². The summed E-state index contributed by atoms with van der Waals surface area (Å²) in [7, 11) is 0. The minimum absolute atomic E-state index is 0. The van der Waals surface area contributed by atoms with Crippen molar-refractivity contribution in [2.45, 2.75) is 51.4 Å². The molecule has 37 heavy (non-hydrogen) atoms. The number of hydrogen-bond donors (Lipinski definition) is 5. The predicted octanol–water partition coefficient (Wildman–Crippen LogP) is 6.27. The summed E-state index contributed by atoms with van der Waals surface area (Å²) in [6.07, 6.45) is 8.12. The fourth-order valence-corrected chi connectivity index (χ4v) is 4.31. The summed E-state index contributed by atoms with van der Waals surface area (Å²) in [5.74, 6) is 0.159. The third-order valence-corrected chi connectivity index (χ3v) is 6.42. The molecule has 5 nitrogen and oxygen atoms in total. The number of rotatable bonds is 16. The summed E-state index contributed by atoms with van der Waals surface area (Å²) < 4.78 is 0. The van der Waals surface area contributed by atoms with E-state index in [1.54, 1.807) is 18.2 Å². The van der Waals surface area contributed by atoms with Crippen molar-refractivity contribution in [3.63, 3.8) is 0 Å². The Labute approximate surface area is 242 Å². The Hall–Kier alpha value is -2.06. The van der Waals surface area contributed by atoms with Crippen molar-refractivity contribution in [1.82, 2.24) is 10.6 Å². The molecule has 0 saturated carbocycles. The second-order valence-corrected chi connectivity index (χ2v) is 9.14. The van der Waals surface area contributed by atoms with E-state index >= 15 is 0 Å². The van der Waals surface area contributed by atoms with Crippen LogP contribution in [-0.4, -0.2) is 41.5 Å². The highest BCUT2D eigenvalue weighted by Gasteiger charge is 2.12. The van der Waals surface area contributed by atoms with Crippen LogP contribution in [0.2, 0.25) is 0 Å². The Kier molecular flexibility index (Phi) is 17.0. The van der Waals surface area contributed by atoms with Crippen molar-refractivity contribution in [3.8, 4) is 17.2 Å². The first kappa shape index (κ1) is 33.0. The van der Waals surface area contributed by atoms with Crippen LogP contribution in [0, 0.1) is 0 Å². The molecule has 0 aliphatic rings. The van der Waals surface area contributed by atoms with Gasteiger partial charge in [-0.15, -0.1) is 34.0 Å². The van der Waals surface area contributed by atoms with E-state index in [4.69, 9.17) is 0 Å². The van der Waals surface area contributed by atoms with Gasteiger partial charge in [0.2, 0.25) is 0 Å². The Balaban J connectivity index is 0.00000342. The summed E-state index contributed by atoms with van der Waals surface area (Å²) in [5, 5.41) is 36.9. The topological polar surface area (TPSA) is 84.8 Å². The fraction of sp³-hybridized carbons (Fsp3) is 0.400. The van der Waals surface area contributed by atoms with E-state index in [0.717, 1.165) is 62.1 Å². The number of phenols is 3. The smallest absolute Gasteiger partial charge is 0.160 e. The van der Waals surface area contributed by atoms with Gasteiger partial charge in [-0.2, -0.15) is 0 Å². The van der Waals surface area contributed by atoms with E-state index in [2.05, 4.69) is 41.0 Å². The summed E-state index contributed by atoms with van der Waals surface area (Å²) >= 11 is 0. The average Bonchev–Trinajstić information content (AvgIpc) is 2.88. The largest absolute Gasteiger partial charge is 0.508 e. The molecule has 0 spiro atoms. The van der Waals surface area contributed by atoms with Gasteiger partial charge in [-0.25, -0.2) is 0 Å². The molecule has 0 saturated heterocycles. The van der Waals surface area contributed by atoms with Crippen LogP contribution in [0.3, 0.4) is 0 Å². The van der Waals surface area contributed by atoms with Crippen molar-refractivity contribution < 1.29 is 15.3 Å². The van der Waals surface area contributed by atoms with Crippen LogP contribution in [0.1, 0.15) is 47.9 Å². The Morgan fingerprint density at radius 3 is 1.76 bits per heavy atom. The lowest BCUT2D eigenvalue weighted by atomic mass is 9.96. The van der Waals surface area contributed by atoms with E-state index in [1.807, 2.05) is 18.2 Å². The van der Waals surface area contributed by atoms with Gasteiger partial charge < -0.3 is 26.0 Å². The Morgan fingerprint density at radius 2 is 1.11 bits per heavy atom. The third kappa shape index (κ3) is 12.4. The average molecular weight is 638 g/mol. The first-order chi connectivity index (χ1) is 17.1. The lowest BCUT2D eigenvalue weighted by molar-refractivity contribution is 0.398. The summed E-state index contributed by atoms with van der Waals surface area (Å²) in [6, 6.07) is 21.2. The molecule has 0 aliphatic heterocycles. The minimum atomic E-state index is -0.0722. The van der Waals surface area contributed by atoms with E-state index in [0.29, 0.717) is 6.42 Å². The number of nitrogens with one attached hydrogen (secondary N) is 2. The van der Waals surface area contributed by atoms with E-state index in [1.165, 1.54) is 31.2 Å². The molecule has 0 atom stereocenters. The quantitative estimate of drug-likeness (QED) is 0.0945. The van der Waals surface area contributed by atoms with Crippen molar-refractivity contribution in [1.29, 1.82) is 0 Å². The molecular formula is C30H42Br2N2O3. The SMILES string of the molecule is Br.Br.Oc1ccc(CCc2c(CCNCCCCCCNCCc3ccccc3)ccc(O)c2O)cc1. The maximum absolute atomic E-state index is 10.4. The van der Waals surface area contributed by atoms with Gasteiger partial charge in [-0.05, 0) is 99.6 Å². The molecule has 3 aromatic rings. The number of halogens is 2. The molecule has 7 heteroatoms. The van der Waals surface area contributed by atoms with Gasteiger partial charge in [0.25, 0.3) is 0 Å². The zero-order valence-corrected chi connectivity index (χ0v) is 24.9. The zero-order chi connectivity index (χ0) is 24.7. The van der Waals surface area contributed by atoms with Crippen molar-refractivity contribution in [2.75, 3.05) is 26.2 Å². The first-order valence-corrected chi connectivity index (χ1v) is 12.9.